The third-order valence-corrected chi connectivity index (χ3v) is 4.22. The second-order valence-corrected chi connectivity index (χ2v) is 6.08. The lowest BCUT2D eigenvalue weighted by Gasteiger charge is -2.04. The van der Waals surface area contributed by atoms with Crippen molar-refractivity contribution in [1.82, 2.24) is 14.5 Å². The normalized spacial score (nSPS) is 11.6. The van der Waals surface area contributed by atoms with Crippen molar-refractivity contribution in [3.8, 4) is 11.5 Å². The van der Waals surface area contributed by atoms with Crippen LogP contribution in [0.3, 0.4) is 0 Å². The molecule has 0 saturated heterocycles. The zero-order valence-electron chi connectivity index (χ0n) is 13.0. The summed E-state index contributed by atoms with van der Waals surface area (Å²) in [6.07, 6.45) is 1.08. The van der Waals surface area contributed by atoms with E-state index in [0.29, 0.717) is 10.9 Å². The molecule has 4 rings (SSSR count). The van der Waals surface area contributed by atoms with Crippen molar-refractivity contribution >= 4 is 33.7 Å². The van der Waals surface area contributed by atoms with E-state index in [0.717, 1.165) is 46.5 Å². The van der Waals surface area contributed by atoms with Crippen molar-refractivity contribution < 1.29 is 4.42 Å². The first-order valence-electron chi connectivity index (χ1n) is 7.69. The molecule has 0 radical (unpaired) electrons. The molecule has 0 amide bonds. The molecule has 0 aliphatic carbocycles. The monoisotopic (exact) mass is 325 g/mol. The molecule has 0 bridgehead atoms. The summed E-state index contributed by atoms with van der Waals surface area (Å²) in [5, 5.41) is 0.654. The Bertz CT molecular complexity index is 1020. The number of halogens is 1. The van der Waals surface area contributed by atoms with Gasteiger partial charge in [-0.1, -0.05) is 18.5 Å². The number of aromatic nitrogens is 3. The van der Waals surface area contributed by atoms with Gasteiger partial charge in [-0.3, -0.25) is 0 Å². The van der Waals surface area contributed by atoms with Gasteiger partial charge in [0.2, 0.25) is 5.89 Å². The summed E-state index contributed by atoms with van der Waals surface area (Å²) in [7, 11) is 0. The van der Waals surface area contributed by atoms with E-state index in [-0.39, 0.29) is 0 Å². The van der Waals surface area contributed by atoms with Gasteiger partial charge < -0.3 is 8.98 Å². The zero-order valence-corrected chi connectivity index (χ0v) is 13.8. The second-order valence-electron chi connectivity index (χ2n) is 5.65. The summed E-state index contributed by atoms with van der Waals surface area (Å²) in [4.78, 5) is 9.19. The zero-order chi connectivity index (χ0) is 16.0. The first-order chi connectivity index (χ1) is 11.2. The van der Waals surface area contributed by atoms with E-state index >= 15 is 0 Å². The molecule has 2 aromatic carbocycles. The Morgan fingerprint density at radius 2 is 1.96 bits per heavy atom. The highest BCUT2D eigenvalue weighted by Crippen LogP contribution is 2.28. The molecule has 4 nitrogen and oxygen atoms in total. The molecule has 0 fully saturated rings. The average molecular weight is 326 g/mol. The molecule has 0 saturated carbocycles. The largest absolute Gasteiger partial charge is 0.436 e. The topological polar surface area (TPSA) is 43.9 Å². The molecule has 116 valence electrons. The van der Waals surface area contributed by atoms with E-state index in [1.54, 1.807) is 6.07 Å². The molecule has 0 atom stereocenters. The number of oxazole rings is 1. The predicted molar refractivity (Wildman–Crippen MR) is 92.8 cm³/mol. The Balaban J connectivity index is 1.84. The molecule has 23 heavy (non-hydrogen) atoms. The fraction of sp³-hybridized carbons (Fsp3) is 0.222. The Hall–Kier alpha value is -2.33. The summed E-state index contributed by atoms with van der Waals surface area (Å²) in [5.74, 6) is 1.62. The predicted octanol–water partition coefficient (Wildman–Crippen LogP) is 5.22. The molecule has 2 aromatic heterocycles. The lowest BCUT2D eigenvalue weighted by Crippen LogP contribution is -1.98. The van der Waals surface area contributed by atoms with Crippen LogP contribution in [0.15, 0.2) is 40.8 Å². The standard InChI is InChI=1S/C18H16ClN3O/c1-3-8-22-11(2)20-14-9-12(4-6-16(14)22)18-21-15-10-13(19)5-7-17(15)23-18/h4-7,9-10H,3,8H2,1-2H3. The minimum Gasteiger partial charge on any atom is -0.436 e. The number of imidazole rings is 1. The van der Waals surface area contributed by atoms with Crippen molar-refractivity contribution in [1.29, 1.82) is 0 Å². The van der Waals surface area contributed by atoms with Crippen LogP contribution in [0.5, 0.6) is 0 Å². The molecule has 5 heteroatoms. The van der Waals surface area contributed by atoms with Gasteiger partial charge in [0.1, 0.15) is 11.3 Å². The van der Waals surface area contributed by atoms with Crippen molar-refractivity contribution in [2.24, 2.45) is 0 Å². The maximum atomic E-state index is 6.01. The van der Waals surface area contributed by atoms with Gasteiger partial charge in [0.15, 0.2) is 5.58 Å². The summed E-state index contributed by atoms with van der Waals surface area (Å²) >= 11 is 6.01. The van der Waals surface area contributed by atoms with Crippen molar-refractivity contribution in [3.63, 3.8) is 0 Å². The Labute approximate surface area is 138 Å². The minimum atomic E-state index is 0.590. The van der Waals surface area contributed by atoms with E-state index in [1.807, 2.05) is 31.2 Å². The number of rotatable bonds is 3. The van der Waals surface area contributed by atoms with Gasteiger partial charge in [0.05, 0.1) is 11.0 Å². The lowest BCUT2D eigenvalue weighted by molar-refractivity contribution is 0.620. The highest BCUT2D eigenvalue weighted by Gasteiger charge is 2.12. The van der Waals surface area contributed by atoms with Crippen LogP contribution >= 0.6 is 11.6 Å². The van der Waals surface area contributed by atoms with E-state index in [2.05, 4.69) is 27.5 Å². The molecule has 0 aliphatic rings. The van der Waals surface area contributed by atoms with Gasteiger partial charge in [-0.15, -0.1) is 0 Å². The number of hydrogen-bond donors (Lipinski definition) is 0. The average Bonchev–Trinajstić information content (AvgIpc) is 3.08. The number of fused-ring (bicyclic) bond motifs is 2. The first-order valence-corrected chi connectivity index (χ1v) is 8.07. The van der Waals surface area contributed by atoms with Crippen LogP contribution < -0.4 is 0 Å². The highest BCUT2D eigenvalue weighted by molar-refractivity contribution is 6.31. The molecule has 0 unspecified atom stereocenters. The number of nitrogens with zero attached hydrogens (tertiary/aromatic N) is 3. The quantitative estimate of drug-likeness (QED) is 0.519. The van der Waals surface area contributed by atoms with Crippen molar-refractivity contribution in [2.45, 2.75) is 26.8 Å². The van der Waals surface area contributed by atoms with Crippen molar-refractivity contribution in [3.05, 3.63) is 47.2 Å². The molecule has 0 N–H and O–H groups in total. The van der Waals surface area contributed by atoms with Crippen LogP contribution in [0.25, 0.3) is 33.6 Å². The summed E-state index contributed by atoms with van der Waals surface area (Å²) in [6, 6.07) is 11.6. The Morgan fingerprint density at radius 1 is 1.09 bits per heavy atom. The Morgan fingerprint density at radius 3 is 2.78 bits per heavy atom. The van der Waals surface area contributed by atoms with Gasteiger partial charge in [0.25, 0.3) is 0 Å². The SMILES string of the molecule is CCCn1c(C)nc2cc(-c3nc4cc(Cl)ccc4o3)ccc21. The van der Waals surface area contributed by atoms with Gasteiger partial charge >= 0.3 is 0 Å². The highest BCUT2D eigenvalue weighted by atomic mass is 35.5. The minimum absolute atomic E-state index is 0.590. The van der Waals surface area contributed by atoms with Crippen LogP contribution in [0.1, 0.15) is 19.2 Å². The smallest absolute Gasteiger partial charge is 0.227 e. The fourth-order valence-electron chi connectivity index (χ4n) is 2.91. The molecule has 0 aliphatic heterocycles. The van der Waals surface area contributed by atoms with E-state index in [4.69, 9.17) is 16.0 Å². The van der Waals surface area contributed by atoms with Crippen LogP contribution in [0, 0.1) is 6.92 Å². The second kappa shape index (κ2) is 5.39. The third kappa shape index (κ3) is 2.39. The molecular formula is C18H16ClN3O. The van der Waals surface area contributed by atoms with Gasteiger partial charge in [-0.2, -0.15) is 0 Å². The molecule has 2 heterocycles. The number of benzene rings is 2. The first kappa shape index (κ1) is 14.3. The number of hydrogen-bond acceptors (Lipinski definition) is 3. The molecule has 4 aromatic rings. The maximum absolute atomic E-state index is 6.01. The van der Waals surface area contributed by atoms with Gasteiger partial charge in [-0.05, 0) is 49.7 Å². The van der Waals surface area contributed by atoms with Gasteiger partial charge in [-0.25, -0.2) is 9.97 Å². The van der Waals surface area contributed by atoms with E-state index in [9.17, 15) is 0 Å². The van der Waals surface area contributed by atoms with Crippen LogP contribution in [-0.4, -0.2) is 14.5 Å². The fourth-order valence-corrected chi connectivity index (χ4v) is 3.08. The van der Waals surface area contributed by atoms with Crippen LogP contribution in [0.4, 0.5) is 0 Å². The third-order valence-electron chi connectivity index (χ3n) is 3.98. The molecule has 0 spiro atoms. The van der Waals surface area contributed by atoms with Crippen LogP contribution in [-0.2, 0) is 6.54 Å². The molecular weight excluding hydrogens is 310 g/mol. The Kier molecular flexibility index (Phi) is 3.34. The lowest BCUT2D eigenvalue weighted by atomic mass is 10.2. The van der Waals surface area contributed by atoms with E-state index < -0.39 is 0 Å². The number of aryl methyl sites for hydroxylation is 2. The summed E-state index contributed by atoms with van der Waals surface area (Å²) in [6.45, 7) is 5.18. The summed E-state index contributed by atoms with van der Waals surface area (Å²) < 4.78 is 8.08. The van der Waals surface area contributed by atoms with Crippen LogP contribution in [0.2, 0.25) is 5.02 Å². The van der Waals surface area contributed by atoms with E-state index in [1.165, 1.54) is 0 Å². The summed E-state index contributed by atoms with van der Waals surface area (Å²) in [5.41, 5.74) is 4.53. The van der Waals surface area contributed by atoms with Crippen molar-refractivity contribution in [2.75, 3.05) is 0 Å². The van der Waals surface area contributed by atoms with Gasteiger partial charge in [0, 0.05) is 17.1 Å². The maximum Gasteiger partial charge on any atom is 0.227 e.